The largest absolute Gasteiger partial charge is 0.493 e. The quantitative estimate of drug-likeness (QED) is 0.818. The Morgan fingerprint density at radius 1 is 1.37 bits per heavy atom. The number of amides is 1. The van der Waals surface area contributed by atoms with Gasteiger partial charge in [-0.05, 0) is 37.5 Å². The van der Waals surface area contributed by atoms with E-state index in [9.17, 15) is 4.79 Å². The van der Waals surface area contributed by atoms with Crippen molar-refractivity contribution in [2.24, 2.45) is 0 Å². The van der Waals surface area contributed by atoms with Crippen molar-refractivity contribution in [1.29, 1.82) is 0 Å². The summed E-state index contributed by atoms with van der Waals surface area (Å²) in [4.78, 5) is 13.4. The van der Waals surface area contributed by atoms with E-state index in [1.165, 1.54) is 11.1 Å². The van der Waals surface area contributed by atoms with Crippen LogP contribution in [-0.4, -0.2) is 43.6 Å². The third-order valence-electron chi connectivity index (χ3n) is 3.34. The lowest BCUT2D eigenvalue weighted by atomic mass is 10.1. The first-order valence-corrected chi connectivity index (χ1v) is 6.84. The van der Waals surface area contributed by atoms with E-state index < -0.39 is 0 Å². The van der Waals surface area contributed by atoms with Gasteiger partial charge >= 0.3 is 0 Å². The van der Waals surface area contributed by atoms with Crippen LogP contribution in [0.2, 0.25) is 0 Å². The molecule has 2 rings (SSSR count). The van der Waals surface area contributed by atoms with E-state index in [0.29, 0.717) is 13.2 Å². The lowest BCUT2D eigenvalue weighted by Crippen LogP contribution is -2.47. The summed E-state index contributed by atoms with van der Waals surface area (Å²) >= 11 is 0. The summed E-state index contributed by atoms with van der Waals surface area (Å²) in [5, 5.41) is 2.83. The van der Waals surface area contributed by atoms with Gasteiger partial charge in [0.25, 0.3) is 0 Å². The van der Waals surface area contributed by atoms with Crippen LogP contribution in [0.1, 0.15) is 17.5 Å². The maximum atomic E-state index is 11.2. The third-order valence-corrected chi connectivity index (χ3v) is 3.34. The zero-order chi connectivity index (χ0) is 13.7. The second-order valence-electron chi connectivity index (χ2n) is 5.10. The fraction of sp³-hybridized carbons (Fsp3) is 0.533. The normalized spacial score (nSPS) is 16.2. The minimum atomic E-state index is 0.127. The summed E-state index contributed by atoms with van der Waals surface area (Å²) in [5.74, 6) is 1.10. The molecule has 1 N–H and O–H groups in total. The number of ether oxygens (including phenoxy) is 1. The molecule has 1 saturated heterocycles. The highest BCUT2D eigenvalue weighted by atomic mass is 16.5. The average Bonchev–Trinajstić information content (AvgIpc) is 2.39. The lowest BCUT2D eigenvalue weighted by molar-refractivity contribution is -0.124. The summed E-state index contributed by atoms with van der Waals surface area (Å²) < 4.78 is 5.81. The number of hydrogen-bond donors (Lipinski definition) is 1. The molecule has 0 bridgehead atoms. The Morgan fingerprint density at radius 3 is 3.00 bits per heavy atom. The van der Waals surface area contributed by atoms with Crippen molar-refractivity contribution < 1.29 is 9.53 Å². The minimum Gasteiger partial charge on any atom is -0.493 e. The summed E-state index contributed by atoms with van der Waals surface area (Å²) in [6, 6.07) is 6.25. The highest BCUT2D eigenvalue weighted by Crippen LogP contribution is 2.19. The smallest absolute Gasteiger partial charge is 0.234 e. The Labute approximate surface area is 114 Å². The molecule has 1 aromatic rings. The molecule has 0 radical (unpaired) electrons. The fourth-order valence-corrected chi connectivity index (χ4v) is 2.22. The van der Waals surface area contributed by atoms with Crippen LogP contribution in [0.3, 0.4) is 0 Å². The molecule has 0 unspecified atom stereocenters. The number of benzene rings is 1. The second-order valence-corrected chi connectivity index (χ2v) is 5.10. The molecule has 19 heavy (non-hydrogen) atoms. The SMILES string of the molecule is Cc1ccc(C)c(OCCCN2CCNC(=O)C2)c1. The summed E-state index contributed by atoms with van der Waals surface area (Å²) in [7, 11) is 0. The van der Waals surface area contributed by atoms with Gasteiger partial charge in [0.05, 0.1) is 13.2 Å². The van der Waals surface area contributed by atoms with E-state index in [0.717, 1.165) is 31.8 Å². The van der Waals surface area contributed by atoms with Crippen LogP contribution in [0.25, 0.3) is 0 Å². The molecule has 0 aliphatic carbocycles. The van der Waals surface area contributed by atoms with Gasteiger partial charge in [-0.1, -0.05) is 12.1 Å². The van der Waals surface area contributed by atoms with Crippen LogP contribution in [0, 0.1) is 13.8 Å². The number of hydrogen-bond acceptors (Lipinski definition) is 3. The maximum absolute atomic E-state index is 11.2. The number of carbonyl (C=O) groups is 1. The zero-order valence-electron chi connectivity index (χ0n) is 11.7. The Morgan fingerprint density at radius 2 is 2.21 bits per heavy atom. The average molecular weight is 262 g/mol. The highest BCUT2D eigenvalue weighted by Gasteiger charge is 2.15. The van der Waals surface area contributed by atoms with E-state index in [1.54, 1.807) is 0 Å². The molecule has 4 nitrogen and oxygen atoms in total. The number of carbonyl (C=O) groups excluding carboxylic acids is 1. The molecule has 1 aliphatic heterocycles. The van der Waals surface area contributed by atoms with Crippen molar-refractivity contribution in [2.75, 3.05) is 32.8 Å². The van der Waals surface area contributed by atoms with Crippen LogP contribution >= 0.6 is 0 Å². The van der Waals surface area contributed by atoms with Gasteiger partial charge in [0.1, 0.15) is 5.75 Å². The topological polar surface area (TPSA) is 41.6 Å². The Hall–Kier alpha value is -1.55. The predicted octanol–water partition coefficient (Wildman–Crippen LogP) is 1.50. The van der Waals surface area contributed by atoms with Crippen molar-refractivity contribution in [3.05, 3.63) is 29.3 Å². The van der Waals surface area contributed by atoms with Gasteiger partial charge in [0.15, 0.2) is 0 Å². The van der Waals surface area contributed by atoms with Crippen molar-refractivity contribution in [2.45, 2.75) is 20.3 Å². The molecule has 0 aromatic heterocycles. The van der Waals surface area contributed by atoms with E-state index in [1.807, 2.05) is 0 Å². The summed E-state index contributed by atoms with van der Waals surface area (Å²) in [6.45, 7) is 7.96. The van der Waals surface area contributed by atoms with E-state index in [4.69, 9.17) is 4.74 Å². The zero-order valence-corrected chi connectivity index (χ0v) is 11.7. The molecule has 4 heteroatoms. The summed E-state index contributed by atoms with van der Waals surface area (Å²) in [5.41, 5.74) is 2.39. The van der Waals surface area contributed by atoms with Crippen LogP contribution in [0.15, 0.2) is 18.2 Å². The maximum Gasteiger partial charge on any atom is 0.234 e. The van der Waals surface area contributed by atoms with E-state index >= 15 is 0 Å². The monoisotopic (exact) mass is 262 g/mol. The number of aryl methyl sites for hydroxylation is 2. The van der Waals surface area contributed by atoms with Crippen LogP contribution in [-0.2, 0) is 4.79 Å². The van der Waals surface area contributed by atoms with Gasteiger partial charge in [0, 0.05) is 19.6 Å². The molecule has 1 aromatic carbocycles. The number of piperazine rings is 1. The fourth-order valence-electron chi connectivity index (χ4n) is 2.22. The predicted molar refractivity (Wildman–Crippen MR) is 75.5 cm³/mol. The molecular formula is C15H22N2O2. The number of nitrogens with zero attached hydrogens (tertiary/aromatic N) is 1. The standard InChI is InChI=1S/C15H22N2O2/c1-12-4-5-13(2)14(10-12)19-9-3-7-17-8-6-16-15(18)11-17/h4-5,10H,3,6-9,11H2,1-2H3,(H,16,18). The molecule has 1 heterocycles. The van der Waals surface area contributed by atoms with E-state index in [-0.39, 0.29) is 5.91 Å². The lowest BCUT2D eigenvalue weighted by Gasteiger charge is -2.26. The first kappa shape index (κ1) is 13.9. The van der Waals surface area contributed by atoms with Crippen molar-refractivity contribution in [1.82, 2.24) is 10.2 Å². The van der Waals surface area contributed by atoms with Crippen LogP contribution in [0.4, 0.5) is 0 Å². The second kappa shape index (κ2) is 6.57. The van der Waals surface area contributed by atoms with E-state index in [2.05, 4.69) is 42.3 Å². The molecule has 104 valence electrons. The van der Waals surface area contributed by atoms with Gasteiger partial charge < -0.3 is 10.1 Å². The molecule has 1 aliphatic rings. The van der Waals surface area contributed by atoms with Gasteiger partial charge in [-0.2, -0.15) is 0 Å². The van der Waals surface area contributed by atoms with Gasteiger partial charge in [-0.3, -0.25) is 9.69 Å². The van der Waals surface area contributed by atoms with Crippen molar-refractivity contribution in [3.8, 4) is 5.75 Å². The third kappa shape index (κ3) is 4.24. The first-order chi connectivity index (χ1) is 9.15. The van der Waals surface area contributed by atoms with Gasteiger partial charge in [0.2, 0.25) is 5.91 Å². The molecule has 0 saturated carbocycles. The van der Waals surface area contributed by atoms with Gasteiger partial charge in [-0.15, -0.1) is 0 Å². The van der Waals surface area contributed by atoms with Crippen molar-refractivity contribution in [3.63, 3.8) is 0 Å². The highest BCUT2D eigenvalue weighted by molar-refractivity contribution is 5.78. The van der Waals surface area contributed by atoms with Crippen LogP contribution in [0.5, 0.6) is 5.75 Å². The molecule has 1 amide bonds. The number of nitrogens with one attached hydrogen (secondary N) is 1. The first-order valence-electron chi connectivity index (χ1n) is 6.84. The molecule has 1 fully saturated rings. The summed E-state index contributed by atoms with van der Waals surface area (Å²) in [6.07, 6.45) is 0.945. The minimum absolute atomic E-state index is 0.127. The Kier molecular flexibility index (Phi) is 4.80. The Bertz CT molecular complexity index is 446. The van der Waals surface area contributed by atoms with Crippen molar-refractivity contribution >= 4 is 5.91 Å². The molecule has 0 atom stereocenters. The molecular weight excluding hydrogens is 240 g/mol. The molecule has 0 spiro atoms. The number of rotatable bonds is 5. The van der Waals surface area contributed by atoms with Crippen LogP contribution < -0.4 is 10.1 Å². The van der Waals surface area contributed by atoms with Gasteiger partial charge in [-0.25, -0.2) is 0 Å². The Balaban J connectivity index is 1.71.